The third kappa shape index (κ3) is 4.27. The molecule has 1 fully saturated rings. The van der Waals surface area contributed by atoms with E-state index in [0.717, 1.165) is 36.2 Å². The van der Waals surface area contributed by atoms with Crippen LogP contribution >= 0.6 is 0 Å². The zero-order valence-corrected chi connectivity index (χ0v) is 16.7. The van der Waals surface area contributed by atoms with Crippen molar-refractivity contribution < 1.29 is 9.47 Å². The molecular weight excluding hydrogens is 368 g/mol. The van der Waals surface area contributed by atoms with Gasteiger partial charge in [-0.3, -0.25) is 4.90 Å². The number of benzene rings is 2. The van der Waals surface area contributed by atoms with Gasteiger partial charge in [-0.25, -0.2) is 4.99 Å². The van der Waals surface area contributed by atoms with Gasteiger partial charge in [-0.2, -0.15) is 4.99 Å². The Balaban J connectivity index is 1.70. The Labute approximate surface area is 170 Å². The quantitative estimate of drug-likeness (QED) is 0.827. The number of methoxy groups -OCH3 is 1. The van der Waals surface area contributed by atoms with Crippen molar-refractivity contribution in [2.75, 3.05) is 43.6 Å². The molecule has 29 heavy (non-hydrogen) atoms. The van der Waals surface area contributed by atoms with E-state index in [4.69, 9.17) is 15.2 Å². The minimum Gasteiger partial charge on any atom is -0.497 e. The average Bonchev–Trinajstić information content (AvgIpc) is 2.75. The molecule has 8 nitrogen and oxygen atoms in total. The molecule has 2 aliphatic rings. The topological polar surface area (TPSA) is 87.7 Å². The second-order valence-corrected chi connectivity index (χ2v) is 6.95. The minimum absolute atomic E-state index is 0.246. The number of nitrogens with zero attached hydrogens (tertiary/aromatic N) is 4. The molecule has 0 spiro atoms. The van der Waals surface area contributed by atoms with E-state index in [1.165, 1.54) is 5.56 Å². The number of nitrogens with one attached hydrogen (secondary N) is 1. The molecule has 4 rings (SSSR count). The zero-order valence-electron chi connectivity index (χ0n) is 16.7. The zero-order chi connectivity index (χ0) is 20.2. The van der Waals surface area contributed by atoms with Gasteiger partial charge in [-0.1, -0.05) is 23.8 Å². The van der Waals surface area contributed by atoms with Crippen molar-refractivity contribution in [3.05, 3.63) is 54.1 Å². The van der Waals surface area contributed by atoms with Crippen molar-refractivity contribution in [3.8, 4) is 5.75 Å². The Morgan fingerprint density at radius 2 is 1.90 bits per heavy atom. The van der Waals surface area contributed by atoms with E-state index < -0.39 is 6.29 Å². The number of hydrogen-bond acceptors (Lipinski definition) is 8. The van der Waals surface area contributed by atoms with E-state index in [1.807, 2.05) is 24.3 Å². The van der Waals surface area contributed by atoms with Crippen LogP contribution in [-0.2, 0) is 4.74 Å². The van der Waals surface area contributed by atoms with Crippen LogP contribution in [0.25, 0.3) is 0 Å². The summed E-state index contributed by atoms with van der Waals surface area (Å²) in [5.41, 5.74) is 9.16. The molecule has 0 aliphatic carbocycles. The number of morpholine rings is 1. The van der Waals surface area contributed by atoms with Gasteiger partial charge in [0.2, 0.25) is 18.2 Å². The Morgan fingerprint density at radius 1 is 1.14 bits per heavy atom. The van der Waals surface area contributed by atoms with Crippen molar-refractivity contribution in [2.45, 2.75) is 13.2 Å². The van der Waals surface area contributed by atoms with Crippen LogP contribution in [0.2, 0.25) is 0 Å². The first-order valence-corrected chi connectivity index (χ1v) is 9.65. The molecule has 0 saturated carbocycles. The molecule has 1 unspecified atom stereocenters. The molecule has 1 atom stereocenters. The Hall–Kier alpha value is -3.26. The van der Waals surface area contributed by atoms with Crippen molar-refractivity contribution in [1.82, 2.24) is 4.90 Å². The normalized spacial score (nSPS) is 19.4. The second kappa shape index (κ2) is 8.40. The fourth-order valence-corrected chi connectivity index (χ4v) is 3.38. The van der Waals surface area contributed by atoms with E-state index in [0.29, 0.717) is 13.2 Å². The standard InChI is InChI=1S/C21H26N6O2/c1-15-6-8-17(9-7-15)27-20(23-16-4-3-5-18(14-16)28-2)24-19(22)25-21(27)26-10-12-29-13-11-26/h3-9,14,20,23H,10-13H2,1-2H3,(H2,22,24). The molecular formula is C21H26N6O2. The van der Waals surface area contributed by atoms with E-state index in [9.17, 15) is 0 Å². The van der Waals surface area contributed by atoms with Gasteiger partial charge in [-0.05, 0) is 31.2 Å². The van der Waals surface area contributed by atoms with E-state index in [-0.39, 0.29) is 5.96 Å². The highest BCUT2D eigenvalue weighted by molar-refractivity contribution is 6.06. The predicted molar refractivity (Wildman–Crippen MR) is 116 cm³/mol. The molecule has 2 aliphatic heterocycles. The van der Waals surface area contributed by atoms with Crippen LogP contribution in [0.15, 0.2) is 58.5 Å². The maximum Gasteiger partial charge on any atom is 0.222 e. The largest absolute Gasteiger partial charge is 0.497 e. The van der Waals surface area contributed by atoms with Gasteiger partial charge in [0.1, 0.15) is 5.75 Å². The third-order valence-electron chi connectivity index (χ3n) is 4.90. The predicted octanol–water partition coefficient (Wildman–Crippen LogP) is 2.22. The lowest BCUT2D eigenvalue weighted by Crippen LogP contribution is -2.57. The number of guanidine groups is 2. The lowest BCUT2D eigenvalue weighted by atomic mass is 10.2. The molecule has 3 N–H and O–H groups in total. The van der Waals surface area contributed by atoms with Crippen molar-refractivity contribution in [1.29, 1.82) is 0 Å². The van der Waals surface area contributed by atoms with Crippen molar-refractivity contribution >= 4 is 23.3 Å². The number of ether oxygens (including phenoxy) is 2. The van der Waals surface area contributed by atoms with Gasteiger partial charge in [0.05, 0.1) is 20.3 Å². The SMILES string of the molecule is COc1cccc(NC2N=C(N)N=C(N3CCOCC3)N2c2ccc(C)cc2)c1. The summed E-state index contributed by atoms with van der Waals surface area (Å²) in [5, 5.41) is 3.46. The first kappa shape index (κ1) is 19.1. The van der Waals surface area contributed by atoms with Crippen LogP contribution in [0, 0.1) is 6.92 Å². The summed E-state index contributed by atoms with van der Waals surface area (Å²) in [6.07, 6.45) is -0.444. The lowest BCUT2D eigenvalue weighted by molar-refractivity contribution is 0.0671. The highest BCUT2D eigenvalue weighted by Gasteiger charge is 2.32. The fraction of sp³-hybridized carbons (Fsp3) is 0.333. The van der Waals surface area contributed by atoms with Crippen LogP contribution in [-0.4, -0.2) is 56.5 Å². The van der Waals surface area contributed by atoms with Gasteiger partial charge in [-0.15, -0.1) is 0 Å². The van der Waals surface area contributed by atoms with Gasteiger partial charge < -0.3 is 25.4 Å². The highest BCUT2D eigenvalue weighted by atomic mass is 16.5. The van der Waals surface area contributed by atoms with Gasteiger partial charge >= 0.3 is 0 Å². The molecule has 0 aromatic heterocycles. The summed E-state index contributed by atoms with van der Waals surface area (Å²) in [6.45, 7) is 4.89. The van der Waals surface area contributed by atoms with Crippen LogP contribution in [0.5, 0.6) is 5.75 Å². The van der Waals surface area contributed by atoms with E-state index in [1.54, 1.807) is 7.11 Å². The summed E-state index contributed by atoms with van der Waals surface area (Å²) >= 11 is 0. The number of nitrogens with two attached hydrogens (primary N) is 1. The minimum atomic E-state index is -0.444. The van der Waals surface area contributed by atoms with Gasteiger partial charge in [0, 0.05) is 30.5 Å². The second-order valence-electron chi connectivity index (χ2n) is 6.95. The first-order valence-electron chi connectivity index (χ1n) is 9.65. The molecule has 2 heterocycles. The van der Waals surface area contributed by atoms with E-state index >= 15 is 0 Å². The molecule has 1 saturated heterocycles. The molecule has 2 aromatic carbocycles. The van der Waals surface area contributed by atoms with Crippen LogP contribution in [0.1, 0.15) is 5.56 Å². The molecule has 152 valence electrons. The van der Waals surface area contributed by atoms with Crippen molar-refractivity contribution in [2.24, 2.45) is 15.7 Å². The molecule has 2 aromatic rings. The monoisotopic (exact) mass is 394 g/mol. The lowest BCUT2D eigenvalue weighted by Gasteiger charge is -2.41. The van der Waals surface area contributed by atoms with Crippen LogP contribution in [0.3, 0.4) is 0 Å². The van der Waals surface area contributed by atoms with Crippen LogP contribution in [0.4, 0.5) is 11.4 Å². The first-order chi connectivity index (χ1) is 14.1. The Bertz CT molecular complexity index is 906. The molecule has 8 heteroatoms. The number of hydrogen-bond donors (Lipinski definition) is 2. The number of rotatable bonds is 4. The number of aliphatic imine (C=N–C) groups is 2. The summed E-state index contributed by atoms with van der Waals surface area (Å²) < 4.78 is 10.9. The maximum absolute atomic E-state index is 6.11. The molecule has 0 amide bonds. The van der Waals surface area contributed by atoms with E-state index in [2.05, 4.69) is 56.3 Å². The molecule has 0 radical (unpaired) electrons. The Kier molecular flexibility index (Phi) is 5.53. The molecule has 0 bridgehead atoms. The maximum atomic E-state index is 6.11. The number of anilines is 2. The average molecular weight is 394 g/mol. The highest BCUT2D eigenvalue weighted by Crippen LogP contribution is 2.26. The third-order valence-corrected chi connectivity index (χ3v) is 4.90. The van der Waals surface area contributed by atoms with Crippen molar-refractivity contribution in [3.63, 3.8) is 0 Å². The smallest absolute Gasteiger partial charge is 0.222 e. The van der Waals surface area contributed by atoms with Gasteiger partial charge in [0.25, 0.3) is 0 Å². The van der Waals surface area contributed by atoms with Crippen LogP contribution < -0.4 is 20.7 Å². The fourth-order valence-electron chi connectivity index (χ4n) is 3.38. The van der Waals surface area contributed by atoms with Gasteiger partial charge in [0.15, 0.2) is 0 Å². The summed E-state index contributed by atoms with van der Waals surface area (Å²) in [6, 6.07) is 16.0. The summed E-state index contributed by atoms with van der Waals surface area (Å²) in [5.74, 6) is 1.78. The Morgan fingerprint density at radius 3 is 2.62 bits per heavy atom. The summed E-state index contributed by atoms with van der Waals surface area (Å²) in [4.78, 5) is 13.4. The summed E-state index contributed by atoms with van der Waals surface area (Å²) in [7, 11) is 1.65. The number of aryl methyl sites for hydroxylation is 1.